The summed E-state index contributed by atoms with van der Waals surface area (Å²) in [7, 11) is 0. The highest BCUT2D eigenvalue weighted by Gasteiger charge is 2.17. The Morgan fingerprint density at radius 2 is 2.12 bits per heavy atom. The summed E-state index contributed by atoms with van der Waals surface area (Å²) >= 11 is 0. The number of rotatable bonds is 5. The highest BCUT2D eigenvalue weighted by atomic mass is 16.2. The van der Waals surface area contributed by atoms with Crippen LogP contribution < -0.4 is 5.32 Å². The third kappa shape index (κ3) is 3.73. The Morgan fingerprint density at radius 3 is 2.65 bits per heavy atom. The van der Waals surface area contributed by atoms with Crippen LogP contribution in [0.2, 0.25) is 0 Å². The second-order valence-electron chi connectivity index (χ2n) is 4.09. The van der Waals surface area contributed by atoms with Gasteiger partial charge in [-0.1, -0.05) is 0 Å². The van der Waals surface area contributed by atoms with Crippen LogP contribution in [0.3, 0.4) is 0 Å². The van der Waals surface area contributed by atoms with Crippen LogP contribution in [-0.4, -0.2) is 34.9 Å². The molecule has 1 heterocycles. The zero-order valence-electron chi connectivity index (χ0n) is 11.0. The van der Waals surface area contributed by atoms with E-state index in [0.717, 1.165) is 24.5 Å². The van der Waals surface area contributed by atoms with Crippen molar-refractivity contribution in [2.75, 3.05) is 18.4 Å². The molecule has 1 amide bonds. The Kier molecular flexibility index (Phi) is 4.94. The summed E-state index contributed by atoms with van der Waals surface area (Å²) in [6.07, 6.45) is 1.74. The number of nitrogens with zero attached hydrogens (tertiary/aromatic N) is 2. The number of carbonyl (C=O) groups excluding carboxylic acids is 1. The van der Waals surface area contributed by atoms with Gasteiger partial charge >= 0.3 is 0 Å². The van der Waals surface area contributed by atoms with Crippen molar-refractivity contribution in [2.45, 2.75) is 33.7 Å². The predicted octanol–water partition coefficient (Wildman–Crippen LogP) is 2.06. The fourth-order valence-electron chi connectivity index (χ4n) is 1.71. The Balaban J connectivity index is 2.65. The Bertz CT molecular complexity index is 375. The van der Waals surface area contributed by atoms with E-state index in [9.17, 15) is 4.79 Å². The SMILES string of the molecule is CCN(CC)C(=O)C(C)Nc1cc(C)ccn1. The normalized spacial score (nSPS) is 12.0. The quantitative estimate of drug-likeness (QED) is 0.849. The average Bonchev–Trinajstić information content (AvgIpc) is 2.30. The topological polar surface area (TPSA) is 45.2 Å². The Morgan fingerprint density at radius 1 is 1.47 bits per heavy atom. The lowest BCUT2D eigenvalue weighted by molar-refractivity contribution is -0.131. The van der Waals surface area contributed by atoms with Crippen LogP contribution in [0.5, 0.6) is 0 Å². The second-order valence-corrected chi connectivity index (χ2v) is 4.09. The molecular formula is C13H21N3O. The van der Waals surface area contributed by atoms with E-state index in [1.165, 1.54) is 0 Å². The van der Waals surface area contributed by atoms with Crippen molar-refractivity contribution in [1.82, 2.24) is 9.88 Å². The number of carbonyl (C=O) groups is 1. The number of amides is 1. The minimum atomic E-state index is -0.246. The summed E-state index contributed by atoms with van der Waals surface area (Å²) in [5, 5.41) is 3.13. The fourth-order valence-corrected chi connectivity index (χ4v) is 1.71. The highest BCUT2D eigenvalue weighted by Crippen LogP contribution is 2.08. The molecule has 0 spiro atoms. The van der Waals surface area contributed by atoms with E-state index in [0.29, 0.717) is 0 Å². The van der Waals surface area contributed by atoms with Gasteiger partial charge in [-0.25, -0.2) is 4.98 Å². The molecule has 0 aliphatic heterocycles. The molecular weight excluding hydrogens is 214 g/mol. The van der Waals surface area contributed by atoms with Gasteiger partial charge in [-0.15, -0.1) is 0 Å². The lowest BCUT2D eigenvalue weighted by atomic mass is 10.2. The van der Waals surface area contributed by atoms with E-state index in [1.807, 2.05) is 44.7 Å². The Hall–Kier alpha value is -1.58. The van der Waals surface area contributed by atoms with E-state index in [-0.39, 0.29) is 11.9 Å². The summed E-state index contributed by atoms with van der Waals surface area (Å²) in [6.45, 7) is 9.32. The number of aromatic nitrogens is 1. The van der Waals surface area contributed by atoms with Crippen LogP contribution >= 0.6 is 0 Å². The third-order valence-corrected chi connectivity index (χ3v) is 2.73. The van der Waals surface area contributed by atoms with Gasteiger partial charge in [-0.05, 0) is 45.4 Å². The number of nitrogens with one attached hydrogen (secondary N) is 1. The molecule has 4 nitrogen and oxygen atoms in total. The van der Waals surface area contributed by atoms with Crippen LogP contribution in [0.15, 0.2) is 18.3 Å². The first-order chi connectivity index (χ1) is 8.08. The van der Waals surface area contributed by atoms with Gasteiger partial charge in [-0.2, -0.15) is 0 Å². The van der Waals surface area contributed by atoms with Crippen molar-refractivity contribution in [3.8, 4) is 0 Å². The van der Waals surface area contributed by atoms with Crippen molar-refractivity contribution in [1.29, 1.82) is 0 Å². The maximum atomic E-state index is 12.0. The van der Waals surface area contributed by atoms with Crippen LogP contribution in [0, 0.1) is 6.92 Å². The molecule has 0 aliphatic rings. The number of pyridine rings is 1. The van der Waals surface area contributed by atoms with E-state index in [1.54, 1.807) is 6.20 Å². The molecule has 0 saturated heterocycles. The van der Waals surface area contributed by atoms with Crippen molar-refractivity contribution in [3.05, 3.63) is 23.9 Å². The lowest BCUT2D eigenvalue weighted by Gasteiger charge is -2.23. The maximum absolute atomic E-state index is 12.0. The highest BCUT2D eigenvalue weighted by molar-refractivity contribution is 5.84. The monoisotopic (exact) mass is 235 g/mol. The first-order valence-corrected chi connectivity index (χ1v) is 6.06. The zero-order valence-corrected chi connectivity index (χ0v) is 11.0. The van der Waals surface area contributed by atoms with Gasteiger partial charge in [0.25, 0.3) is 0 Å². The average molecular weight is 235 g/mol. The summed E-state index contributed by atoms with van der Waals surface area (Å²) in [6, 6.07) is 3.62. The number of hydrogen-bond acceptors (Lipinski definition) is 3. The summed E-state index contributed by atoms with van der Waals surface area (Å²) in [5.41, 5.74) is 1.13. The molecule has 1 aromatic rings. The summed E-state index contributed by atoms with van der Waals surface area (Å²) in [4.78, 5) is 18.0. The molecule has 0 saturated carbocycles. The van der Waals surface area contributed by atoms with Gasteiger partial charge in [0.1, 0.15) is 11.9 Å². The Labute approximate surface area is 103 Å². The van der Waals surface area contributed by atoms with Gasteiger partial charge in [-0.3, -0.25) is 4.79 Å². The molecule has 4 heteroatoms. The van der Waals surface area contributed by atoms with E-state index < -0.39 is 0 Å². The first kappa shape index (κ1) is 13.5. The second kappa shape index (κ2) is 6.23. The zero-order chi connectivity index (χ0) is 12.8. The van der Waals surface area contributed by atoms with Crippen LogP contribution in [-0.2, 0) is 4.79 Å². The van der Waals surface area contributed by atoms with E-state index in [4.69, 9.17) is 0 Å². The molecule has 1 unspecified atom stereocenters. The molecule has 1 N–H and O–H groups in total. The summed E-state index contributed by atoms with van der Waals surface area (Å²) in [5.74, 6) is 0.858. The first-order valence-electron chi connectivity index (χ1n) is 6.06. The van der Waals surface area contributed by atoms with Crippen molar-refractivity contribution in [3.63, 3.8) is 0 Å². The molecule has 17 heavy (non-hydrogen) atoms. The molecule has 1 aromatic heterocycles. The molecule has 1 rings (SSSR count). The smallest absolute Gasteiger partial charge is 0.244 e. The molecule has 0 radical (unpaired) electrons. The fraction of sp³-hybridized carbons (Fsp3) is 0.538. The molecule has 0 fully saturated rings. The van der Waals surface area contributed by atoms with Gasteiger partial charge in [0, 0.05) is 19.3 Å². The number of anilines is 1. The molecule has 0 aromatic carbocycles. The van der Waals surface area contributed by atoms with E-state index in [2.05, 4.69) is 10.3 Å². The van der Waals surface area contributed by atoms with E-state index >= 15 is 0 Å². The molecule has 94 valence electrons. The number of hydrogen-bond donors (Lipinski definition) is 1. The third-order valence-electron chi connectivity index (χ3n) is 2.73. The standard InChI is InChI=1S/C13H21N3O/c1-5-16(6-2)13(17)11(4)15-12-9-10(3)7-8-14-12/h7-9,11H,5-6H2,1-4H3,(H,14,15). The van der Waals surface area contributed by atoms with Crippen molar-refractivity contribution >= 4 is 11.7 Å². The largest absolute Gasteiger partial charge is 0.359 e. The summed E-state index contributed by atoms with van der Waals surface area (Å²) < 4.78 is 0. The van der Waals surface area contributed by atoms with Crippen LogP contribution in [0.4, 0.5) is 5.82 Å². The molecule has 1 atom stereocenters. The lowest BCUT2D eigenvalue weighted by Crippen LogP contribution is -2.41. The van der Waals surface area contributed by atoms with Gasteiger partial charge < -0.3 is 10.2 Å². The van der Waals surface area contributed by atoms with Crippen LogP contribution in [0.25, 0.3) is 0 Å². The van der Waals surface area contributed by atoms with Crippen molar-refractivity contribution in [2.24, 2.45) is 0 Å². The molecule has 0 aliphatic carbocycles. The predicted molar refractivity (Wildman–Crippen MR) is 70.0 cm³/mol. The van der Waals surface area contributed by atoms with Gasteiger partial charge in [0.15, 0.2) is 0 Å². The van der Waals surface area contributed by atoms with Crippen LogP contribution in [0.1, 0.15) is 26.3 Å². The minimum Gasteiger partial charge on any atom is -0.359 e. The minimum absolute atomic E-state index is 0.110. The van der Waals surface area contributed by atoms with Gasteiger partial charge in [0.05, 0.1) is 0 Å². The molecule has 0 bridgehead atoms. The number of aryl methyl sites for hydroxylation is 1. The van der Waals surface area contributed by atoms with Gasteiger partial charge in [0.2, 0.25) is 5.91 Å². The van der Waals surface area contributed by atoms with Crippen molar-refractivity contribution < 1.29 is 4.79 Å². The number of likely N-dealkylation sites (N-methyl/N-ethyl adjacent to an activating group) is 1. The maximum Gasteiger partial charge on any atom is 0.244 e.